The molecule has 0 unspecified atom stereocenters. The van der Waals surface area contributed by atoms with E-state index in [9.17, 15) is 14.4 Å². The Morgan fingerprint density at radius 2 is 1.70 bits per heavy atom. The van der Waals surface area contributed by atoms with E-state index in [-0.39, 0.29) is 47.8 Å². The number of benzene rings is 2. The maximum atomic E-state index is 13.5. The zero-order valence-electron chi connectivity index (χ0n) is 17.9. The topological polar surface area (TPSA) is 79.4 Å². The second kappa shape index (κ2) is 7.66. The molecule has 3 aliphatic rings. The van der Waals surface area contributed by atoms with Crippen LogP contribution in [0.25, 0.3) is 10.9 Å². The lowest BCUT2D eigenvalue weighted by molar-refractivity contribution is -0.147. The van der Waals surface area contributed by atoms with E-state index in [0.717, 1.165) is 22.9 Å². The highest BCUT2D eigenvalue weighted by Crippen LogP contribution is 2.53. The molecule has 0 spiro atoms. The summed E-state index contributed by atoms with van der Waals surface area (Å²) in [6.07, 6.45) is 6.99. The molecule has 1 N–H and O–H groups in total. The molecule has 1 aliphatic heterocycles. The van der Waals surface area contributed by atoms with Crippen LogP contribution in [0, 0.1) is 23.7 Å². The van der Waals surface area contributed by atoms with Gasteiger partial charge < -0.3 is 5.32 Å². The number of likely N-dealkylation sites (tertiary alicyclic amines) is 1. The van der Waals surface area contributed by atoms with Crippen molar-refractivity contribution >= 4 is 34.3 Å². The van der Waals surface area contributed by atoms with Crippen molar-refractivity contribution in [2.24, 2.45) is 23.7 Å². The van der Waals surface area contributed by atoms with Gasteiger partial charge in [-0.2, -0.15) is 0 Å². The van der Waals surface area contributed by atoms with Crippen LogP contribution < -0.4 is 5.32 Å². The molecule has 2 aliphatic carbocycles. The molecule has 6 rings (SSSR count). The van der Waals surface area contributed by atoms with E-state index >= 15 is 0 Å². The number of nitrogens with zero attached hydrogens (tertiary/aromatic N) is 2. The highest BCUT2D eigenvalue weighted by Gasteiger charge is 2.61. The van der Waals surface area contributed by atoms with Gasteiger partial charge in [-0.3, -0.25) is 24.3 Å². The van der Waals surface area contributed by atoms with Gasteiger partial charge in [0, 0.05) is 23.7 Å². The molecule has 6 heteroatoms. The number of amides is 3. The minimum absolute atomic E-state index is 0.106. The number of carbonyl (C=O) groups excluding carboxylic acids is 3. The molecular weight excluding hydrogens is 414 g/mol. The summed E-state index contributed by atoms with van der Waals surface area (Å²) in [6.45, 7) is 0. The first kappa shape index (κ1) is 19.9. The normalized spacial score (nSPS) is 26.1. The van der Waals surface area contributed by atoms with Crippen molar-refractivity contribution < 1.29 is 14.4 Å². The van der Waals surface area contributed by atoms with E-state index in [2.05, 4.69) is 22.5 Å². The van der Waals surface area contributed by atoms with Crippen LogP contribution in [0.2, 0.25) is 0 Å². The number of carbonyl (C=O) groups is 3. The molecule has 1 aromatic heterocycles. The molecule has 6 nitrogen and oxygen atoms in total. The third-order valence-corrected chi connectivity index (χ3v) is 7.26. The molecule has 1 saturated heterocycles. The lowest BCUT2D eigenvalue weighted by Crippen LogP contribution is -2.49. The van der Waals surface area contributed by atoms with Gasteiger partial charge in [0.1, 0.15) is 6.04 Å². The van der Waals surface area contributed by atoms with Crippen LogP contribution in [0.1, 0.15) is 12.0 Å². The van der Waals surface area contributed by atoms with Crippen molar-refractivity contribution in [3.8, 4) is 0 Å². The predicted molar refractivity (Wildman–Crippen MR) is 124 cm³/mol. The average molecular weight is 437 g/mol. The first-order valence-corrected chi connectivity index (χ1v) is 11.3. The highest BCUT2D eigenvalue weighted by atomic mass is 16.2. The average Bonchev–Trinajstić information content (AvgIpc) is 3.52. The van der Waals surface area contributed by atoms with Gasteiger partial charge in [0.15, 0.2) is 0 Å². The third-order valence-electron chi connectivity index (χ3n) is 7.26. The summed E-state index contributed by atoms with van der Waals surface area (Å²) >= 11 is 0. The van der Waals surface area contributed by atoms with Gasteiger partial charge >= 0.3 is 0 Å². The molecular formula is C27H23N3O3. The SMILES string of the molecule is O=C(Nc1ccc2ncccc2c1)[C@@H](Cc1ccccc1)N1C(=O)[C@@H]2[C@H](C1=O)[C@H]1C=C[C@H]2C1. The van der Waals surface area contributed by atoms with Crippen molar-refractivity contribution in [1.29, 1.82) is 0 Å². The molecule has 33 heavy (non-hydrogen) atoms. The lowest BCUT2D eigenvalue weighted by Gasteiger charge is -2.27. The fraction of sp³-hybridized carbons (Fsp3) is 0.259. The van der Waals surface area contributed by atoms with Gasteiger partial charge in [0.25, 0.3) is 0 Å². The molecule has 5 atom stereocenters. The molecule has 164 valence electrons. The molecule has 2 fully saturated rings. The number of fused-ring (bicyclic) bond motifs is 6. The minimum Gasteiger partial charge on any atom is -0.324 e. The summed E-state index contributed by atoms with van der Waals surface area (Å²) in [6, 6.07) is 17.9. The third kappa shape index (κ3) is 3.25. The van der Waals surface area contributed by atoms with Crippen molar-refractivity contribution in [2.75, 3.05) is 5.32 Å². The Morgan fingerprint density at radius 3 is 2.42 bits per heavy atom. The van der Waals surface area contributed by atoms with E-state index in [1.807, 2.05) is 54.6 Å². The molecule has 2 bridgehead atoms. The second-order valence-corrected chi connectivity index (χ2v) is 9.15. The quantitative estimate of drug-likeness (QED) is 0.489. The molecule has 3 amide bonds. The summed E-state index contributed by atoms with van der Waals surface area (Å²) in [5, 5.41) is 3.85. The van der Waals surface area contributed by atoms with Crippen LogP contribution in [0.3, 0.4) is 0 Å². The van der Waals surface area contributed by atoms with Crippen molar-refractivity contribution in [3.63, 3.8) is 0 Å². The summed E-state index contributed by atoms with van der Waals surface area (Å²) < 4.78 is 0. The number of aromatic nitrogens is 1. The fourth-order valence-electron chi connectivity index (χ4n) is 5.75. The van der Waals surface area contributed by atoms with E-state index in [1.54, 1.807) is 12.3 Å². The molecule has 2 heterocycles. The van der Waals surface area contributed by atoms with Crippen molar-refractivity contribution in [3.05, 3.63) is 84.6 Å². The van der Waals surface area contributed by atoms with Crippen LogP contribution in [-0.4, -0.2) is 33.6 Å². The van der Waals surface area contributed by atoms with E-state index in [0.29, 0.717) is 5.69 Å². The number of hydrogen-bond donors (Lipinski definition) is 1. The van der Waals surface area contributed by atoms with Crippen molar-refractivity contribution in [2.45, 2.75) is 18.9 Å². The molecule has 3 aromatic rings. The Balaban J connectivity index is 1.32. The van der Waals surface area contributed by atoms with Gasteiger partial charge in [0.05, 0.1) is 17.4 Å². The predicted octanol–water partition coefficient (Wildman–Crippen LogP) is 3.59. The lowest BCUT2D eigenvalue weighted by atomic mass is 9.85. The Morgan fingerprint density at radius 1 is 0.970 bits per heavy atom. The standard InChI is InChI=1S/C27H23N3O3/c31-25(29-20-10-11-21-17(15-20)7-4-12-28-21)22(13-16-5-2-1-3-6-16)30-26(32)23-18-8-9-19(14-18)24(23)27(30)33/h1-12,15,18-19,22-24H,13-14H2,(H,29,31)/t18-,19-,22+,23-,24+/m0/s1. The van der Waals surface area contributed by atoms with Gasteiger partial charge in [-0.05, 0) is 48.1 Å². The zero-order valence-corrected chi connectivity index (χ0v) is 17.9. The number of pyridine rings is 1. The van der Waals surface area contributed by atoms with Gasteiger partial charge in [-0.15, -0.1) is 0 Å². The zero-order chi connectivity index (χ0) is 22.5. The number of nitrogens with one attached hydrogen (secondary N) is 1. The number of anilines is 1. The first-order chi connectivity index (χ1) is 16.1. The summed E-state index contributed by atoms with van der Waals surface area (Å²) in [4.78, 5) is 46.0. The van der Waals surface area contributed by atoms with Crippen molar-refractivity contribution in [1.82, 2.24) is 9.88 Å². The molecule has 1 saturated carbocycles. The van der Waals surface area contributed by atoms with Gasteiger partial charge in [-0.25, -0.2) is 0 Å². The maximum absolute atomic E-state index is 13.5. The molecule has 2 aromatic carbocycles. The fourth-order valence-corrected chi connectivity index (χ4v) is 5.75. The summed E-state index contributed by atoms with van der Waals surface area (Å²) in [7, 11) is 0. The first-order valence-electron chi connectivity index (χ1n) is 11.3. The van der Waals surface area contributed by atoms with E-state index < -0.39 is 6.04 Å². The van der Waals surface area contributed by atoms with Crippen LogP contribution >= 0.6 is 0 Å². The largest absolute Gasteiger partial charge is 0.324 e. The molecule has 0 radical (unpaired) electrons. The smallest absolute Gasteiger partial charge is 0.248 e. The van der Waals surface area contributed by atoms with Crippen LogP contribution in [-0.2, 0) is 20.8 Å². The van der Waals surface area contributed by atoms with Crippen LogP contribution in [0.4, 0.5) is 5.69 Å². The second-order valence-electron chi connectivity index (χ2n) is 9.15. The minimum atomic E-state index is -0.901. The van der Waals surface area contributed by atoms with Crippen LogP contribution in [0.5, 0.6) is 0 Å². The number of allylic oxidation sites excluding steroid dienone is 2. The Labute approximate surface area is 191 Å². The maximum Gasteiger partial charge on any atom is 0.248 e. The van der Waals surface area contributed by atoms with Crippen LogP contribution in [0.15, 0.2) is 79.0 Å². The van der Waals surface area contributed by atoms with Gasteiger partial charge in [-0.1, -0.05) is 48.6 Å². The summed E-state index contributed by atoms with van der Waals surface area (Å²) in [5.41, 5.74) is 2.34. The number of rotatable bonds is 5. The highest BCUT2D eigenvalue weighted by molar-refractivity contribution is 6.11. The Kier molecular flexibility index (Phi) is 4.61. The monoisotopic (exact) mass is 437 g/mol. The Hall–Kier alpha value is -3.80. The summed E-state index contributed by atoms with van der Waals surface area (Å²) in [5.74, 6) is -1.22. The van der Waals surface area contributed by atoms with E-state index in [4.69, 9.17) is 0 Å². The van der Waals surface area contributed by atoms with E-state index in [1.165, 1.54) is 4.90 Å². The number of hydrogen-bond acceptors (Lipinski definition) is 4. The van der Waals surface area contributed by atoms with Gasteiger partial charge in [0.2, 0.25) is 17.7 Å². The number of imide groups is 1. The Bertz CT molecular complexity index is 1270.